The number of hydrogen-bond donors (Lipinski definition) is 0. The van der Waals surface area contributed by atoms with E-state index < -0.39 is 0 Å². The van der Waals surface area contributed by atoms with E-state index in [1.54, 1.807) is 12.1 Å². The number of carbonyl (C=O) groups is 1. The first-order chi connectivity index (χ1) is 13.1. The molecule has 1 heterocycles. The average molecular weight is 358 g/mol. The topological polar surface area (TPSA) is 65.1 Å². The maximum absolute atomic E-state index is 12.1. The van der Waals surface area contributed by atoms with Crippen molar-refractivity contribution in [2.24, 2.45) is 0 Å². The molecule has 0 bridgehead atoms. The molecule has 5 nitrogen and oxygen atoms in total. The lowest BCUT2D eigenvalue weighted by Crippen LogP contribution is -1.99. The molecule has 0 N–H and O–H groups in total. The molecule has 4 rings (SSSR count). The summed E-state index contributed by atoms with van der Waals surface area (Å²) in [5.41, 5.74) is 3.57. The highest BCUT2D eigenvalue weighted by Crippen LogP contribution is 2.34. The number of rotatable bonds is 5. The van der Waals surface area contributed by atoms with E-state index in [4.69, 9.17) is 0 Å². The van der Waals surface area contributed by atoms with Gasteiger partial charge in [-0.1, -0.05) is 25.1 Å². The molecule has 0 spiro atoms. The van der Waals surface area contributed by atoms with Crippen LogP contribution in [-0.2, 0) is 0 Å². The van der Waals surface area contributed by atoms with Gasteiger partial charge in [-0.25, -0.2) is 0 Å². The smallest absolute Gasteiger partial charge is 0.270 e. The third-order valence-corrected chi connectivity index (χ3v) is 4.79. The summed E-state index contributed by atoms with van der Waals surface area (Å²) in [6.45, 7) is 1.99. The summed E-state index contributed by atoms with van der Waals surface area (Å²) in [5.74, 6) is 0.141. The zero-order valence-electron chi connectivity index (χ0n) is 14.9. The van der Waals surface area contributed by atoms with Crippen LogP contribution in [0.2, 0.25) is 0 Å². The minimum absolute atomic E-state index is 0.0749. The average Bonchev–Trinajstić information content (AvgIpc) is 3.02. The number of Topliss-reactive ketones (excluding diaryl/α,β-unsaturated/α-hetero) is 1. The number of non-ortho nitro benzene ring substituents is 1. The number of nitro benzene ring substituents is 1. The van der Waals surface area contributed by atoms with Gasteiger partial charge in [0.15, 0.2) is 5.78 Å². The Hall–Kier alpha value is -3.47. The predicted octanol–water partition coefficient (Wildman–Crippen LogP) is 5.67. The number of nitro groups is 1. The normalized spacial score (nSPS) is 11.1. The van der Waals surface area contributed by atoms with E-state index >= 15 is 0 Å². The molecule has 0 saturated carbocycles. The number of benzene rings is 3. The Morgan fingerprint density at radius 1 is 0.963 bits per heavy atom. The first kappa shape index (κ1) is 17.0. The zero-order valence-corrected chi connectivity index (χ0v) is 14.9. The van der Waals surface area contributed by atoms with E-state index in [-0.39, 0.29) is 16.4 Å². The number of nitrogens with zero attached hydrogens (tertiary/aromatic N) is 2. The second-order valence-corrected chi connectivity index (χ2v) is 6.53. The zero-order chi connectivity index (χ0) is 19.0. The number of ketones is 1. The molecule has 0 aliphatic carbocycles. The summed E-state index contributed by atoms with van der Waals surface area (Å²) in [6, 6.07) is 20.3. The Morgan fingerprint density at radius 2 is 1.67 bits per heavy atom. The van der Waals surface area contributed by atoms with Crippen molar-refractivity contribution in [2.45, 2.75) is 19.8 Å². The number of carbonyl (C=O) groups excluding carboxylic acids is 1. The van der Waals surface area contributed by atoms with Crippen molar-refractivity contribution >= 4 is 33.3 Å². The fourth-order valence-electron chi connectivity index (χ4n) is 3.52. The number of aromatic nitrogens is 1. The summed E-state index contributed by atoms with van der Waals surface area (Å²) in [7, 11) is 0. The van der Waals surface area contributed by atoms with Gasteiger partial charge in [0.05, 0.1) is 16.0 Å². The third kappa shape index (κ3) is 2.87. The van der Waals surface area contributed by atoms with Crippen LogP contribution in [-0.4, -0.2) is 15.3 Å². The molecule has 0 radical (unpaired) electrons. The first-order valence-electron chi connectivity index (χ1n) is 8.91. The molecule has 0 fully saturated rings. The molecular weight excluding hydrogens is 340 g/mol. The van der Waals surface area contributed by atoms with E-state index in [1.165, 1.54) is 6.07 Å². The molecular formula is C22H18N2O3. The van der Waals surface area contributed by atoms with Crippen molar-refractivity contribution in [1.29, 1.82) is 0 Å². The molecule has 0 atom stereocenters. The lowest BCUT2D eigenvalue weighted by atomic mass is 10.1. The minimum Gasteiger partial charge on any atom is -0.309 e. The van der Waals surface area contributed by atoms with Gasteiger partial charge >= 0.3 is 0 Å². The van der Waals surface area contributed by atoms with Crippen LogP contribution in [0.25, 0.3) is 27.5 Å². The highest BCUT2D eigenvalue weighted by Gasteiger charge is 2.15. The Morgan fingerprint density at radius 3 is 2.37 bits per heavy atom. The molecule has 1 aromatic heterocycles. The third-order valence-electron chi connectivity index (χ3n) is 4.79. The molecule has 0 amide bonds. The second kappa shape index (κ2) is 6.68. The van der Waals surface area contributed by atoms with Crippen LogP contribution in [0.15, 0.2) is 66.7 Å². The molecule has 0 unspecified atom stereocenters. The summed E-state index contributed by atoms with van der Waals surface area (Å²) in [4.78, 5) is 22.9. The van der Waals surface area contributed by atoms with Crippen LogP contribution in [0.3, 0.4) is 0 Å². The SMILES string of the molecule is CCCC(=O)c1ccc(-n2c3ccccc3c3cc([N+](=O)[O-])ccc32)cc1. The predicted molar refractivity (Wildman–Crippen MR) is 107 cm³/mol. The van der Waals surface area contributed by atoms with Gasteiger partial charge in [-0.2, -0.15) is 0 Å². The Kier molecular flexibility index (Phi) is 4.20. The van der Waals surface area contributed by atoms with E-state index in [9.17, 15) is 14.9 Å². The van der Waals surface area contributed by atoms with Crippen molar-refractivity contribution in [1.82, 2.24) is 4.57 Å². The Labute approximate surface area is 156 Å². The van der Waals surface area contributed by atoms with Gasteiger partial charge in [-0.3, -0.25) is 14.9 Å². The molecule has 3 aromatic carbocycles. The minimum atomic E-state index is -0.375. The van der Waals surface area contributed by atoms with Crippen LogP contribution in [0.5, 0.6) is 0 Å². The first-order valence-corrected chi connectivity index (χ1v) is 8.91. The van der Waals surface area contributed by atoms with Crippen LogP contribution in [0, 0.1) is 10.1 Å². The molecule has 0 aliphatic rings. The molecule has 0 aliphatic heterocycles. The van der Waals surface area contributed by atoms with Gasteiger partial charge in [-0.05, 0) is 42.8 Å². The summed E-state index contributed by atoms with van der Waals surface area (Å²) < 4.78 is 2.07. The van der Waals surface area contributed by atoms with E-state index in [2.05, 4.69) is 4.57 Å². The van der Waals surface area contributed by atoms with Crippen molar-refractivity contribution in [3.8, 4) is 5.69 Å². The summed E-state index contributed by atoms with van der Waals surface area (Å²) >= 11 is 0. The largest absolute Gasteiger partial charge is 0.309 e. The molecule has 134 valence electrons. The Bertz CT molecular complexity index is 1170. The van der Waals surface area contributed by atoms with Gasteiger partial charge in [-0.15, -0.1) is 0 Å². The molecule has 0 saturated heterocycles. The van der Waals surface area contributed by atoms with Crippen LogP contribution in [0.1, 0.15) is 30.1 Å². The van der Waals surface area contributed by atoms with Gasteiger partial charge in [0.25, 0.3) is 5.69 Å². The lowest BCUT2D eigenvalue weighted by Gasteiger charge is -2.08. The quantitative estimate of drug-likeness (QED) is 0.262. The van der Waals surface area contributed by atoms with E-state index in [1.807, 2.05) is 55.5 Å². The number of fused-ring (bicyclic) bond motifs is 3. The van der Waals surface area contributed by atoms with Gasteiger partial charge in [0.1, 0.15) is 0 Å². The standard InChI is InChI=1S/C22H18N2O3/c1-2-5-22(25)15-8-10-16(11-9-15)23-20-7-4-3-6-18(20)19-14-17(24(26)27)12-13-21(19)23/h3-4,6-14H,2,5H2,1H3. The maximum atomic E-state index is 12.1. The molecule has 5 heteroatoms. The fraction of sp³-hybridized carbons (Fsp3) is 0.136. The van der Waals surface area contributed by atoms with Crippen LogP contribution < -0.4 is 0 Å². The van der Waals surface area contributed by atoms with Gasteiger partial charge < -0.3 is 4.57 Å². The second-order valence-electron chi connectivity index (χ2n) is 6.53. The van der Waals surface area contributed by atoms with E-state index in [0.29, 0.717) is 12.0 Å². The number of hydrogen-bond acceptors (Lipinski definition) is 3. The number of para-hydroxylation sites is 1. The van der Waals surface area contributed by atoms with Crippen LogP contribution >= 0.6 is 0 Å². The molecule has 4 aromatic rings. The molecule has 27 heavy (non-hydrogen) atoms. The van der Waals surface area contributed by atoms with Gasteiger partial charge in [0, 0.05) is 40.6 Å². The fourth-order valence-corrected chi connectivity index (χ4v) is 3.52. The Balaban J connectivity index is 1.92. The van der Waals surface area contributed by atoms with Crippen molar-refractivity contribution < 1.29 is 9.72 Å². The van der Waals surface area contributed by atoms with Crippen LogP contribution in [0.4, 0.5) is 5.69 Å². The van der Waals surface area contributed by atoms with Crippen molar-refractivity contribution in [3.63, 3.8) is 0 Å². The lowest BCUT2D eigenvalue weighted by molar-refractivity contribution is -0.384. The van der Waals surface area contributed by atoms with E-state index in [0.717, 1.165) is 33.9 Å². The van der Waals surface area contributed by atoms with Crippen molar-refractivity contribution in [3.05, 3.63) is 82.4 Å². The highest BCUT2D eigenvalue weighted by atomic mass is 16.6. The summed E-state index contributed by atoms with van der Waals surface area (Å²) in [5, 5.41) is 13.0. The summed E-state index contributed by atoms with van der Waals surface area (Å²) in [6.07, 6.45) is 1.37. The monoisotopic (exact) mass is 358 g/mol. The highest BCUT2D eigenvalue weighted by molar-refractivity contribution is 6.10. The van der Waals surface area contributed by atoms with Gasteiger partial charge in [0.2, 0.25) is 0 Å². The maximum Gasteiger partial charge on any atom is 0.270 e. The van der Waals surface area contributed by atoms with Crippen molar-refractivity contribution in [2.75, 3.05) is 0 Å².